The van der Waals surface area contributed by atoms with Crippen LogP contribution in [-0.4, -0.2) is 15.0 Å². The molecule has 0 aliphatic rings. The summed E-state index contributed by atoms with van der Waals surface area (Å²) >= 11 is 5.16. The van der Waals surface area contributed by atoms with Crippen LogP contribution in [0, 0.1) is 13.8 Å². The maximum atomic E-state index is 4.74. The Hall–Kier alpha value is -1.59. The van der Waals surface area contributed by atoms with Crippen LogP contribution in [0.1, 0.15) is 10.7 Å². The van der Waals surface area contributed by atoms with Gasteiger partial charge in [0.25, 0.3) is 0 Å². The van der Waals surface area contributed by atoms with Crippen molar-refractivity contribution in [2.75, 3.05) is 0 Å². The Morgan fingerprint density at radius 1 is 1.10 bits per heavy atom. The molecule has 3 rings (SSSR count). The van der Waals surface area contributed by atoms with Crippen LogP contribution < -0.4 is 0 Å². The second kappa shape index (κ2) is 5.42. The lowest BCUT2D eigenvalue weighted by molar-refractivity contribution is 1.06. The van der Waals surface area contributed by atoms with Crippen molar-refractivity contribution >= 4 is 27.3 Å². The molecule has 0 fully saturated rings. The van der Waals surface area contributed by atoms with Crippen LogP contribution in [-0.2, 0) is 0 Å². The zero-order chi connectivity index (χ0) is 14.1. The first-order chi connectivity index (χ1) is 9.63. The van der Waals surface area contributed by atoms with Gasteiger partial charge in [-0.3, -0.25) is 0 Å². The van der Waals surface area contributed by atoms with Gasteiger partial charge in [0.15, 0.2) is 0 Å². The fraction of sp³-hybridized carbons (Fsp3) is 0.133. The minimum atomic E-state index is 0.763. The molecule has 0 aliphatic carbocycles. The number of benzene rings is 1. The van der Waals surface area contributed by atoms with Crippen molar-refractivity contribution < 1.29 is 0 Å². The van der Waals surface area contributed by atoms with E-state index in [9.17, 15) is 0 Å². The largest absolute Gasteiger partial charge is 0.242 e. The molecule has 0 saturated heterocycles. The smallest absolute Gasteiger partial charge is 0.142 e. The Labute approximate surface area is 129 Å². The van der Waals surface area contributed by atoms with Gasteiger partial charge in [-0.2, -0.15) is 0 Å². The summed E-state index contributed by atoms with van der Waals surface area (Å²) in [5.74, 6) is 0.763. The number of hydrogen-bond donors (Lipinski definition) is 0. The van der Waals surface area contributed by atoms with E-state index in [-0.39, 0.29) is 0 Å². The van der Waals surface area contributed by atoms with Gasteiger partial charge in [-0.15, -0.1) is 11.3 Å². The third kappa shape index (κ3) is 2.64. The van der Waals surface area contributed by atoms with E-state index in [2.05, 4.69) is 45.0 Å². The predicted octanol–water partition coefficient (Wildman–Crippen LogP) is 4.65. The Morgan fingerprint density at radius 2 is 1.95 bits per heavy atom. The lowest BCUT2D eigenvalue weighted by Gasteiger charge is -1.99. The van der Waals surface area contributed by atoms with Crippen molar-refractivity contribution in [3.05, 3.63) is 51.7 Å². The standard InChI is InChI=1S/C15H12BrN3S/c1-9-14(11-4-3-5-12(16)8-11)19-15(20-9)13-6-7-17-10(2)18-13/h3-8H,1-2H3. The van der Waals surface area contributed by atoms with E-state index in [1.54, 1.807) is 17.5 Å². The van der Waals surface area contributed by atoms with Gasteiger partial charge in [-0.05, 0) is 32.0 Å². The molecule has 2 aromatic heterocycles. The summed E-state index contributed by atoms with van der Waals surface area (Å²) in [5, 5.41) is 0.933. The monoisotopic (exact) mass is 345 g/mol. The van der Waals surface area contributed by atoms with Gasteiger partial charge in [-0.25, -0.2) is 15.0 Å². The molecule has 1 aromatic carbocycles. The van der Waals surface area contributed by atoms with Gasteiger partial charge in [0.2, 0.25) is 0 Å². The molecule has 0 amide bonds. The van der Waals surface area contributed by atoms with Crippen LogP contribution in [0.4, 0.5) is 0 Å². The minimum Gasteiger partial charge on any atom is -0.242 e. The molecule has 0 unspecified atom stereocenters. The maximum absolute atomic E-state index is 4.74. The van der Waals surface area contributed by atoms with E-state index < -0.39 is 0 Å². The third-order valence-corrected chi connectivity index (χ3v) is 4.38. The van der Waals surface area contributed by atoms with E-state index in [0.29, 0.717) is 0 Å². The second-order valence-corrected chi connectivity index (χ2v) is 6.54. The van der Waals surface area contributed by atoms with E-state index >= 15 is 0 Å². The maximum Gasteiger partial charge on any atom is 0.142 e. The number of halogens is 1. The van der Waals surface area contributed by atoms with Crippen molar-refractivity contribution in [1.29, 1.82) is 0 Å². The summed E-state index contributed by atoms with van der Waals surface area (Å²) in [5.41, 5.74) is 3.01. The van der Waals surface area contributed by atoms with E-state index in [1.807, 2.05) is 25.1 Å². The summed E-state index contributed by atoms with van der Waals surface area (Å²) in [6.07, 6.45) is 1.77. The molecule has 3 aromatic rings. The number of rotatable bonds is 2. The van der Waals surface area contributed by atoms with E-state index in [0.717, 1.165) is 32.3 Å². The summed E-state index contributed by atoms with van der Waals surface area (Å²) in [4.78, 5) is 14.5. The van der Waals surface area contributed by atoms with E-state index in [1.165, 1.54) is 4.88 Å². The van der Waals surface area contributed by atoms with Gasteiger partial charge in [0.1, 0.15) is 16.5 Å². The van der Waals surface area contributed by atoms with Gasteiger partial charge in [0, 0.05) is 21.1 Å². The highest BCUT2D eigenvalue weighted by Gasteiger charge is 2.12. The first-order valence-electron chi connectivity index (χ1n) is 6.17. The van der Waals surface area contributed by atoms with Gasteiger partial charge < -0.3 is 0 Å². The Bertz CT molecular complexity index is 767. The molecule has 0 radical (unpaired) electrons. The minimum absolute atomic E-state index is 0.763. The van der Waals surface area contributed by atoms with Crippen LogP contribution in [0.15, 0.2) is 41.0 Å². The van der Waals surface area contributed by atoms with Gasteiger partial charge >= 0.3 is 0 Å². The van der Waals surface area contributed by atoms with Crippen molar-refractivity contribution in [2.24, 2.45) is 0 Å². The average molecular weight is 346 g/mol. The fourth-order valence-corrected chi connectivity index (χ4v) is 3.29. The highest BCUT2D eigenvalue weighted by atomic mass is 79.9. The molecule has 20 heavy (non-hydrogen) atoms. The van der Waals surface area contributed by atoms with Crippen LogP contribution in [0.5, 0.6) is 0 Å². The van der Waals surface area contributed by atoms with Gasteiger partial charge in [0.05, 0.1) is 5.69 Å². The molecule has 0 aliphatic heterocycles. The Balaban J connectivity index is 2.08. The SMILES string of the molecule is Cc1nccc(-c2nc(-c3cccc(Br)c3)c(C)s2)n1. The van der Waals surface area contributed by atoms with Crippen LogP contribution in [0.2, 0.25) is 0 Å². The molecule has 0 N–H and O–H groups in total. The Morgan fingerprint density at radius 3 is 2.70 bits per heavy atom. The highest BCUT2D eigenvalue weighted by molar-refractivity contribution is 9.10. The molecule has 5 heteroatoms. The van der Waals surface area contributed by atoms with Crippen molar-refractivity contribution in [3.8, 4) is 22.0 Å². The molecule has 0 bridgehead atoms. The molecule has 0 spiro atoms. The topological polar surface area (TPSA) is 38.7 Å². The fourth-order valence-electron chi connectivity index (χ4n) is 1.98. The lowest BCUT2D eigenvalue weighted by atomic mass is 10.1. The first-order valence-corrected chi connectivity index (χ1v) is 7.78. The van der Waals surface area contributed by atoms with Crippen molar-refractivity contribution in [3.63, 3.8) is 0 Å². The number of aromatic nitrogens is 3. The summed E-state index contributed by atoms with van der Waals surface area (Å²) in [7, 11) is 0. The molecule has 0 atom stereocenters. The molecular weight excluding hydrogens is 334 g/mol. The molecule has 3 nitrogen and oxygen atoms in total. The Kier molecular flexibility index (Phi) is 3.63. The number of aryl methyl sites for hydroxylation is 2. The summed E-state index contributed by atoms with van der Waals surface area (Å²) < 4.78 is 1.06. The van der Waals surface area contributed by atoms with Gasteiger partial charge in [-0.1, -0.05) is 28.1 Å². The van der Waals surface area contributed by atoms with Crippen molar-refractivity contribution in [2.45, 2.75) is 13.8 Å². The molecule has 100 valence electrons. The molecule has 0 saturated carbocycles. The first kappa shape index (κ1) is 13.4. The quantitative estimate of drug-likeness (QED) is 0.678. The second-order valence-electron chi connectivity index (χ2n) is 4.42. The van der Waals surface area contributed by atoms with Crippen LogP contribution in [0.25, 0.3) is 22.0 Å². The summed E-state index contributed by atoms with van der Waals surface area (Å²) in [6.45, 7) is 3.98. The number of nitrogens with zero attached hydrogens (tertiary/aromatic N) is 3. The summed E-state index contributed by atoms with van der Waals surface area (Å²) in [6, 6.07) is 10.1. The molecule has 2 heterocycles. The number of thiazole rings is 1. The molecular formula is C15H12BrN3S. The third-order valence-electron chi connectivity index (χ3n) is 2.89. The van der Waals surface area contributed by atoms with Crippen LogP contribution in [0.3, 0.4) is 0 Å². The van der Waals surface area contributed by atoms with Crippen molar-refractivity contribution in [1.82, 2.24) is 15.0 Å². The zero-order valence-corrected chi connectivity index (χ0v) is 13.5. The predicted molar refractivity (Wildman–Crippen MR) is 85.8 cm³/mol. The average Bonchev–Trinajstić information content (AvgIpc) is 2.81. The van der Waals surface area contributed by atoms with Crippen LogP contribution >= 0.6 is 27.3 Å². The highest BCUT2D eigenvalue weighted by Crippen LogP contribution is 2.33. The lowest BCUT2D eigenvalue weighted by Crippen LogP contribution is -1.89. The normalized spacial score (nSPS) is 10.8. The number of hydrogen-bond acceptors (Lipinski definition) is 4. The zero-order valence-electron chi connectivity index (χ0n) is 11.1. The van der Waals surface area contributed by atoms with E-state index in [4.69, 9.17) is 4.98 Å².